The van der Waals surface area contributed by atoms with Crippen molar-refractivity contribution in [1.29, 1.82) is 0 Å². The molecule has 0 bridgehead atoms. The van der Waals surface area contributed by atoms with Crippen LogP contribution in [0.15, 0.2) is 94.3 Å². The van der Waals surface area contributed by atoms with Crippen molar-refractivity contribution < 1.29 is 8.42 Å². The third kappa shape index (κ3) is 4.37. The molecule has 0 atom stereocenters. The molecule has 0 aliphatic carbocycles. The highest BCUT2D eigenvalue weighted by Gasteiger charge is 2.18. The molecule has 0 saturated carbocycles. The SMILES string of the molecule is O=S(=O)(Nn1nc(-c2ccc(Cl)cc2)cc1-c1ccc(Br)cc1)c1ccccc1. The van der Waals surface area contributed by atoms with Crippen LogP contribution in [0.4, 0.5) is 0 Å². The summed E-state index contributed by atoms with van der Waals surface area (Å²) in [6.45, 7) is 0. The number of nitrogens with one attached hydrogen (secondary N) is 1. The molecule has 0 amide bonds. The van der Waals surface area contributed by atoms with Crippen molar-refractivity contribution in [2.75, 3.05) is 4.83 Å². The maximum Gasteiger partial charge on any atom is 0.276 e. The standard InChI is InChI=1S/C21H15BrClN3O2S/c22-17-10-6-16(7-11-17)21-14-20(15-8-12-18(23)13-9-15)24-26(21)25-29(27,28)19-4-2-1-3-5-19/h1-14,25H. The molecule has 1 aromatic heterocycles. The summed E-state index contributed by atoms with van der Waals surface area (Å²) in [7, 11) is -3.81. The normalized spacial score (nSPS) is 11.4. The van der Waals surface area contributed by atoms with Crippen LogP contribution in [0.1, 0.15) is 0 Å². The number of aromatic nitrogens is 2. The Morgan fingerprint density at radius 1 is 0.862 bits per heavy atom. The Bertz CT molecular complexity index is 1240. The summed E-state index contributed by atoms with van der Waals surface area (Å²) in [5.74, 6) is 0. The minimum absolute atomic E-state index is 0.158. The number of nitrogens with zero attached hydrogens (tertiary/aromatic N) is 2. The van der Waals surface area contributed by atoms with Crippen LogP contribution in [-0.2, 0) is 10.0 Å². The van der Waals surface area contributed by atoms with Gasteiger partial charge in [0, 0.05) is 20.6 Å². The Labute approximate surface area is 182 Å². The number of hydrogen-bond acceptors (Lipinski definition) is 3. The van der Waals surface area contributed by atoms with Crippen LogP contribution in [0.2, 0.25) is 5.02 Å². The summed E-state index contributed by atoms with van der Waals surface area (Å²) in [5, 5.41) is 5.11. The molecule has 29 heavy (non-hydrogen) atoms. The van der Waals surface area contributed by atoms with Crippen LogP contribution in [0.25, 0.3) is 22.5 Å². The maximum absolute atomic E-state index is 12.8. The molecule has 0 spiro atoms. The average molecular weight is 489 g/mol. The van der Waals surface area contributed by atoms with Crippen LogP contribution in [-0.4, -0.2) is 18.3 Å². The second kappa shape index (κ2) is 8.02. The number of rotatable bonds is 5. The molecule has 0 fully saturated rings. The van der Waals surface area contributed by atoms with Crippen molar-refractivity contribution in [1.82, 2.24) is 9.89 Å². The summed E-state index contributed by atoms with van der Waals surface area (Å²) >= 11 is 9.40. The molecule has 1 N–H and O–H groups in total. The van der Waals surface area contributed by atoms with Gasteiger partial charge in [0.25, 0.3) is 10.0 Å². The van der Waals surface area contributed by atoms with E-state index in [0.717, 1.165) is 15.6 Å². The topological polar surface area (TPSA) is 64.0 Å². The fourth-order valence-corrected chi connectivity index (χ4v) is 4.18. The predicted molar refractivity (Wildman–Crippen MR) is 119 cm³/mol. The predicted octanol–water partition coefficient (Wildman–Crippen LogP) is 5.57. The van der Waals surface area contributed by atoms with Crippen LogP contribution in [0.3, 0.4) is 0 Å². The lowest BCUT2D eigenvalue weighted by Crippen LogP contribution is -2.25. The molecule has 0 saturated heterocycles. The van der Waals surface area contributed by atoms with Gasteiger partial charge in [0.15, 0.2) is 0 Å². The first-order valence-corrected chi connectivity index (χ1v) is 11.3. The molecule has 8 heteroatoms. The number of hydrogen-bond donors (Lipinski definition) is 1. The highest BCUT2D eigenvalue weighted by molar-refractivity contribution is 9.10. The fraction of sp³-hybridized carbons (Fsp3) is 0. The summed E-state index contributed by atoms with van der Waals surface area (Å²) in [5.41, 5.74) is 2.87. The van der Waals surface area contributed by atoms with E-state index in [4.69, 9.17) is 11.6 Å². The molecule has 0 radical (unpaired) electrons. The third-order valence-corrected chi connectivity index (χ3v) is 6.34. The fourth-order valence-electron chi connectivity index (χ4n) is 2.80. The van der Waals surface area contributed by atoms with Gasteiger partial charge in [0.2, 0.25) is 0 Å². The van der Waals surface area contributed by atoms with E-state index in [9.17, 15) is 8.42 Å². The van der Waals surface area contributed by atoms with Gasteiger partial charge in [-0.15, -0.1) is 0 Å². The van der Waals surface area contributed by atoms with Gasteiger partial charge in [-0.3, -0.25) is 0 Å². The highest BCUT2D eigenvalue weighted by Crippen LogP contribution is 2.28. The summed E-state index contributed by atoms with van der Waals surface area (Å²) in [4.78, 5) is 4.00. The van der Waals surface area contributed by atoms with E-state index in [-0.39, 0.29) is 4.90 Å². The Kier molecular flexibility index (Phi) is 5.45. The molecule has 0 aliphatic heterocycles. The quantitative estimate of drug-likeness (QED) is 0.400. The zero-order valence-corrected chi connectivity index (χ0v) is 18.1. The van der Waals surface area contributed by atoms with Crippen molar-refractivity contribution in [3.63, 3.8) is 0 Å². The molecule has 4 rings (SSSR count). The lowest BCUT2D eigenvalue weighted by atomic mass is 10.1. The Balaban J connectivity index is 1.80. The number of sulfonamides is 1. The highest BCUT2D eigenvalue weighted by atomic mass is 79.9. The molecule has 5 nitrogen and oxygen atoms in total. The van der Waals surface area contributed by atoms with Gasteiger partial charge in [0.1, 0.15) is 0 Å². The average Bonchev–Trinajstić information content (AvgIpc) is 3.13. The minimum Gasteiger partial charge on any atom is -0.200 e. The number of halogens is 2. The largest absolute Gasteiger partial charge is 0.276 e. The van der Waals surface area contributed by atoms with E-state index in [1.807, 2.05) is 42.5 Å². The second-order valence-corrected chi connectivity index (χ2v) is 9.26. The molecule has 146 valence electrons. The van der Waals surface area contributed by atoms with Crippen molar-refractivity contribution in [3.8, 4) is 22.5 Å². The summed E-state index contributed by atoms with van der Waals surface area (Å²) in [6, 6.07) is 24.8. The van der Waals surface area contributed by atoms with E-state index in [2.05, 4.69) is 25.9 Å². The first kappa shape index (κ1) is 19.7. The van der Waals surface area contributed by atoms with Crippen LogP contribution >= 0.6 is 27.5 Å². The molecule has 3 aromatic carbocycles. The molecular formula is C21H15BrClN3O2S. The number of benzene rings is 3. The van der Waals surface area contributed by atoms with E-state index in [1.165, 1.54) is 16.9 Å². The zero-order valence-electron chi connectivity index (χ0n) is 15.0. The van der Waals surface area contributed by atoms with Gasteiger partial charge >= 0.3 is 0 Å². The lowest BCUT2D eigenvalue weighted by molar-refractivity contribution is 0.592. The van der Waals surface area contributed by atoms with Crippen molar-refractivity contribution in [2.45, 2.75) is 4.90 Å². The monoisotopic (exact) mass is 487 g/mol. The van der Waals surface area contributed by atoms with Gasteiger partial charge in [-0.25, -0.2) is 0 Å². The van der Waals surface area contributed by atoms with Gasteiger partial charge in [-0.1, -0.05) is 70.0 Å². The summed E-state index contributed by atoms with van der Waals surface area (Å²) in [6.07, 6.45) is 0. The van der Waals surface area contributed by atoms with Crippen molar-refractivity contribution in [3.05, 3.63) is 94.4 Å². The van der Waals surface area contributed by atoms with Gasteiger partial charge < -0.3 is 0 Å². The summed E-state index contributed by atoms with van der Waals surface area (Å²) < 4.78 is 26.6. The van der Waals surface area contributed by atoms with Crippen LogP contribution < -0.4 is 4.83 Å². The van der Waals surface area contributed by atoms with Crippen molar-refractivity contribution >= 4 is 37.6 Å². The van der Waals surface area contributed by atoms with E-state index in [0.29, 0.717) is 16.4 Å². The van der Waals surface area contributed by atoms with Crippen LogP contribution in [0.5, 0.6) is 0 Å². The lowest BCUT2D eigenvalue weighted by Gasteiger charge is -2.11. The molecule has 1 heterocycles. The Morgan fingerprint density at radius 3 is 2.14 bits per heavy atom. The Hall–Kier alpha value is -2.61. The van der Waals surface area contributed by atoms with E-state index < -0.39 is 10.0 Å². The van der Waals surface area contributed by atoms with Gasteiger partial charge in [-0.05, 0) is 42.5 Å². The van der Waals surface area contributed by atoms with Gasteiger partial charge in [-0.2, -0.15) is 23.1 Å². The molecule has 0 unspecified atom stereocenters. The maximum atomic E-state index is 12.8. The van der Waals surface area contributed by atoms with E-state index in [1.54, 1.807) is 30.3 Å². The Morgan fingerprint density at radius 2 is 1.48 bits per heavy atom. The molecular weight excluding hydrogens is 474 g/mol. The third-order valence-electron chi connectivity index (χ3n) is 4.25. The van der Waals surface area contributed by atoms with Crippen LogP contribution in [0, 0.1) is 0 Å². The second-order valence-electron chi connectivity index (χ2n) is 6.25. The smallest absolute Gasteiger partial charge is 0.200 e. The minimum atomic E-state index is -3.81. The van der Waals surface area contributed by atoms with Crippen molar-refractivity contribution in [2.24, 2.45) is 0 Å². The molecule has 0 aliphatic rings. The van der Waals surface area contributed by atoms with Gasteiger partial charge in [0.05, 0.1) is 16.3 Å². The first-order chi connectivity index (χ1) is 13.9. The first-order valence-electron chi connectivity index (χ1n) is 8.62. The molecule has 4 aromatic rings. The van der Waals surface area contributed by atoms with E-state index >= 15 is 0 Å². The zero-order chi connectivity index (χ0) is 20.4.